The number of carbonyl (C=O) groups is 4. The second kappa shape index (κ2) is 54.3. The van der Waals surface area contributed by atoms with E-state index in [1.807, 2.05) is 48.5 Å². The number of primary amides is 1. The molecule has 0 radical (unpaired) electrons. The number of nitrogen functional groups attached to an aromatic ring is 2. The number of aryl methyl sites for hydroxylation is 1. The van der Waals surface area contributed by atoms with Gasteiger partial charge in [-0.05, 0) is 144 Å². The van der Waals surface area contributed by atoms with Gasteiger partial charge in [-0.15, -0.1) is 0 Å². The number of aromatic nitrogens is 4. The molecule has 4 aliphatic rings. The summed E-state index contributed by atoms with van der Waals surface area (Å²) in [5.74, 6) is -4.17. The van der Waals surface area contributed by atoms with Crippen LogP contribution >= 0.6 is 0 Å². The van der Waals surface area contributed by atoms with Gasteiger partial charge < -0.3 is 41.6 Å². The molecule has 2 saturated heterocycles. The molecule has 105 heavy (non-hydrogen) atoms. The van der Waals surface area contributed by atoms with Crippen molar-refractivity contribution in [1.29, 1.82) is 0 Å². The number of likely N-dealkylation sites (tertiary alicyclic amines) is 2. The Morgan fingerprint density at radius 3 is 1.20 bits per heavy atom. The molecule has 2 saturated carbocycles. The second-order valence-corrected chi connectivity index (χ2v) is 24.0. The molecule has 8 heterocycles. The van der Waals surface area contributed by atoms with Gasteiger partial charge in [0.05, 0.1) is 29.1 Å². The third-order valence-corrected chi connectivity index (χ3v) is 17.5. The fraction of sp³-hybridized carbons (Fsp3) is 0.268. The molecule has 488 valence electrons. The van der Waals surface area contributed by atoms with Gasteiger partial charge >= 0.3 is 379 Å². The topological polar surface area (TPSA) is 257 Å². The molecule has 0 unspecified atom stereocenters. The minimum absolute atomic E-state index is 0.000993. The summed E-state index contributed by atoms with van der Waals surface area (Å²) < 4.78 is 93.4. The number of piperidine rings is 2. The molecule has 2 aliphatic carbocycles. The number of ketones is 1. The van der Waals surface area contributed by atoms with Crippen molar-refractivity contribution < 1.29 is 54.4 Å². The summed E-state index contributed by atoms with van der Waals surface area (Å²) in [5.41, 5.74) is 31.9. The Morgan fingerprint density at radius 2 is 0.848 bits per heavy atom. The SMILES string of the molecule is NC(=O)[C@H]1C[C@@H]1c1ccc(N)nc1.NCc1cc2cc(-c3ccc(C(=O)N4CCC(F)(F)CC4)cn3)cc(-c3ccc(F)cc3)c2o1.Nc1ccc([C@H]2C[C@@H]2C(=O)CCc2cc3cc(-c4ccc(C(=O)N5CCC(F)(F)CC5)cn4)cc(-c4ccc(F)cc4)c3o2)cn1.[K][K].[K][K].[K][K].[K][K].[K][K].[K][K]. The van der Waals surface area contributed by atoms with Gasteiger partial charge in [0.15, 0.2) is 0 Å². The number of furan rings is 2. The van der Waals surface area contributed by atoms with Crippen LogP contribution in [-0.4, -0.2) is 470 Å². The number of hydrogen-bond donors (Lipinski definition) is 4. The van der Waals surface area contributed by atoms with Crippen LogP contribution in [0.15, 0.2) is 167 Å². The first-order chi connectivity index (χ1) is 50.6. The Bertz CT molecular complexity index is 4430. The van der Waals surface area contributed by atoms with E-state index in [2.05, 4.69) is 19.9 Å². The molecule has 4 fully saturated rings. The molecule has 2 aliphatic heterocycles. The molecule has 16 nitrogen and oxygen atoms in total. The molecular weight excluding hydrogens is 1670 g/mol. The number of rotatable bonds is 14. The second-order valence-electron chi connectivity index (χ2n) is 24.0. The Morgan fingerprint density at radius 1 is 0.467 bits per heavy atom. The number of benzene rings is 4. The molecule has 34 heteroatoms. The van der Waals surface area contributed by atoms with Crippen LogP contribution in [0.4, 0.5) is 38.0 Å². The molecule has 10 aromatic rings. The van der Waals surface area contributed by atoms with Crippen molar-refractivity contribution in [2.24, 2.45) is 23.3 Å². The van der Waals surface area contributed by atoms with Crippen molar-refractivity contribution in [3.8, 4) is 44.8 Å². The van der Waals surface area contributed by atoms with E-state index in [9.17, 15) is 45.5 Å². The van der Waals surface area contributed by atoms with Crippen LogP contribution < -0.4 is 22.9 Å². The first kappa shape index (κ1) is 103. The summed E-state index contributed by atoms with van der Waals surface area (Å²) in [6.07, 6.45) is 7.45. The van der Waals surface area contributed by atoms with Crippen molar-refractivity contribution in [1.82, 2.24) is 29.7 Å². The van der Waals surface area contributed by atoms with Crippen molar-refractivity contribution >= 4 is 436 Å². The summed E-state index contributed by atoms with van der Waals surface area (Å²) in [4.78, 5) is 69.4. The van der Waals surface area contributed by atoms with E-state index >= 15 is 0 Å². The predicted molar refractivity (Wildman–Crippen MR) is 408 cm³/mol. The van der Waals surface area contributed by atoms with Crippen LogP contribution in [0.5, 0.6) is 0 Å². The molecule has 8 N–H and O–H groups in total. The van der Waals surface area contributed by atoms with Gasteiger partial charge in [0.2, 0.25) is 5.91 Å². The number of alkyl halides is 4. The number of carbonyl (C=O) groups excluding carboxylic acids is 4. The summed E-state index contributed by atoms with van der Waals surface area (Å²) in [6, 6.07) is 37.7. The first-order valence-electron chi connectivity index (χ1n) is 36.5. The average molecular weight is 1740 g/mol. The maximum absolute atomic E-state index is 13.8. The number of hydrogen-bond acceptors (Lipinski definition) is 13. The van der Waals surface area contributed by atoms with E-state index < -0.39 is 11.8 Å². The van der Waals surface area contributed by atoms with Crippen LogP contribution in [-0.2, 0) is 22.6 Å². The van der Waals surface area contributed by atoms with Crippen molar-refractivity contribution in [3.63, 3.8) is 0 Å². The number of fused-ring (bicyclic) bond motifs is 2. The zero-order chi connectivity index (χ0) is 77.3. The minimum atomic E-state index is -2.74. The van der Waals surface area contributed by atoms with Crippen molar-refractivity contribution in [2.45, 2.75) is 81.6 Å². The number of nitrogens with two attached hydrogens (primary N) is 4. The van der Waals surface area contributed by atoms with Crippen molar-refractivity contribution in [2.75, 3.05) is 37.6 Å². The Balaban J connectivity index is 0.000000256. The monoisotopic (exact) mass is 1730 g/mol. The zero-order valence-electron chi connectivity index (χ0n) is 62.2. The van der Waals surface area contributed by atoms with Gasteiger partial charge in [-0.3, -0.25) is 29.1 Å². The fourth-order valence-electron chi connectivity index (χ4n) is 11.9. The fourth-order valence-corrected chi connectivity index (χ4v) is 11.9. The molecule has 3 amide bonds. The number of Topliss-reactive ketones (excluding diaryl/α,β-unsaturated/α-hetero) is 1. The first-order valence-corrected chi connectivity index (χ1v) is 133. The van der Waals surface area contributed by atoms with E-state index in [0.717, 1.165) is 68.1 Å². The summed E-state index contributed by atoms with van der Waals surface area (Å²) in [5, 5.41) is 1.63. The van der Waals surface area contributed by atoms with Crippen LogP contribution in [0, 0.1) is 23.5 Å². The van der Waals surface area contributed by atoms with Crippen molar-refractivity contribution in [3.05, 3.63) is 204 Å². The van der Waals surface area contributed by atoms with Crippen LogP contribution in [0.3, 0.4) is 0 Å². The van der Waals surface area contributed by atoms with Crippen LogP contribution in [0.1, 0.15) is 100 Å². The van der Waals surface area contributed by atoms with Crippen LogP contribution in [0.25, 0.3) is 66.7 Å². The third-order valence-electron chi connectivity index (χ3n) is 17.5. The zero-order valence-corrected chi connectivity index (χ0v) is 99.7. The Labute approximate surface area is 879 Å². The number of anilines is 2. The quantitative estimate of drug-likeness (QED) is 0.0587. The Kier molecular flexibility index (Phi) is 53.4. The van der Waals surface area contributed by atoms with E-state index in [1.165, 1.54) is 425 Å². The Hall–Kier alpha value is 9.42. The molecule has 4 atom stereocenters. The molecule has 0 spiro atoms. The predicted octanol–water partition coefficient (Wildman–Crippen LogP) is 8.77. The summed E-state index contributed by atoms with van der Waals surface area (Å²) >= 11 is 15.0. The van der Waals surface area contributed by atoms with E-state index in [-0.39, 0.29) is 117 Å². The molecule has 0 bridgehead atoms. The van der Waals surface area contributed by atoms with Gasteiger partial charge in [-0.25, -0.2) is 36.3 Å². The molecule has 14 rings (SSSR count). The number of pyridine rings is 4. The molecule has 6 aromatic heterocycles. The third kappa shape index (κ3) is 32.4. The van der Waals surface area contributed by atoms with Gasteiger partial charge in [0, 0.05) is 134 Å². The van der Waals surface area contributed by atoms with Gasteiger partial charge in [0.1, 0.15) is 51.7 Å². The maximum atomic E-state index is 13.8. The van der Waals surface area contributed by atoms with Gasteiger partial charge in [-0.1, -0.05) is 36.4 Å². The van der Waals surface area contributed by atoms with Gasteiger partial charge in [0.25, 0.3) is 23.7 Å². The standard InChI is InChI=1S/C36H31F3N4O3.C26H22F3N3O2.C9H11N3O.12K/c37-26-5-1-21(2-6-26)29-17-24(31-8-3-23(20-41-31)35(45)43-13-11-36(38,39)12-14-43)15-25-16-27(46-34(25)29)7-9-32(44)30-18-28(30)22-4-10-33(40)42-19-22;27-20-4-1-16(2-5-20)22-13-18(11-19-12-21(14-30)34-24(19)22)23-6-3-17(15-31-23)25(33)32-9-7-26(28,29)8-10-32;10-8-2-1-5(4-12-8)6-3-7(6)9(11)13;;;;;;;;;;;;/h1-6,8,10,15-17,19-20,28,30H,7,9,11-14,18H2,(H2,40,42);1-6,11-13,15H,7-10,14,30H2;1-2,4,6-7H,3H2,(H2,10,12)(H2,11,13);;;;;;;;;;;;/t28-,30+;;6-,7+;;;;;;;;;;;;/m1.1............/s1. The van der Waals surface area contributed by atoms with Gasteiger partial charge in [-0.2, -0.15) is 0 Å². The van der Waals surface area contributed by atoms with E-state index in [4.69, 9.17) is 31.8 Å². The van der Waals surface area contributed by atoms with E-state index in [0.29, 0.717) is 69.7 Å². The van der Waals surface area contributed by atoms with Crippen LogP contribution in [0.2, 0.25) is 0 Å². The van der Waals surface area contributed by atoms with E-state index in [1.54, 1.807) is 73.1 Å². The number of halogens is 6. The number of amides is 3. The average Bonchev–Trinajstić information content (AvgIpc) is 1.18. The number of nitrogens with zero attached hydrogens (tertiary/aromatic N) is 6. The summed E-state index contributed by atoms with van der Waals surface area (Å²) in [6.45, 7) is 0.289. The molecular formula is C71H64F6K12N10O6. The molecule has 4 aromatic carbocycles. The normalized spacial score (nSPS) is 16.9. The summed E-state index contributed by atoms with van der Waals surface area (Å²) in [7, 11) is 0.